The quantitative estimate of drug-likeness (QED) is 0.274. The maximum absolute atomic E-state index is 9.94. The van der Waals surface area contributed by atoms with Gasteiger partial charge in [-0.25, -0.2) is 0 Å². The van der Waals surface area contributed by atoms with E-state index in [1.54, 1.807) is 0 Å². The maximum atomic E-state index is 9.94. The van der Waals surface area contributed by atoms with Gasteiger partial charge in [-0.15, -0.1) is 18.0 Å². The molecule has 3 rings (SSSR count). The van der Waals surface area contributed by atoms with E-state index in [2.05, 4.69) is 30.2 Å². The van der Waals surface area contributed by atoms with Gasteiger partial charge < -0.3 is 24.4 Å². The van der Waals surface area contributed by atoms with Crippen LogP contribution >= 0.6 is 11.6 Å². The number of aliphatic hydroxyl groups is 2. The van der Waals surface area contributed by atoms with Crippen molar-refractivity contribution in [3.05, 3.63) is 59.7 Å². The van der Waals surface area contributed by atoms with Gasteiger partial charge in [0.05, 0.1) is 12.5 Å². The van der Waals surface area contributed by atoms with Gasteiger partial charge in [0.15, 0.2) is 0 Å². The van der Waals surface area contributed by atoms with Crippen molar-refractivity contribution >= 4 is 11.6 Å². The fourth-order valence-corrected chi connectivity index (χ4v) is 4.46. The molecule has 33 heavy (non-hydrogen) atoms. The van der Waals surface area contributed by atoms with Crippen LogP contribution in [-0.4, -0.2) is 54.7 Å². The average Bonchev–Trinajstić information content (AvgIpc) is 2.87. The summed E-state index contributed by atoms with van der Waals surface area (Å²) in [6, 6.07) is 16.4. The van der Waals surface area contributed by atoms with E-state index >= 15 is 0 Å². The highest BCUT2D eigenvalue weighted by Crippen LogP contribution is 2.45. The molecule has 0 spiro atoms. The van der Waals surface area contributed by atoms with Crippen molar-refractivity contribution in [2.24, 2.45) is 0 Å². The lowest BCUT2D eigenvalue weighted by Crippen LogP contribution is -2.30. The standard InChI is InChI=1S/C27H33ClO5/c1-2-16-31-18-24(30)20-33-26-12-8-22(9-13-26)27(14-4-3-5-15-27)21-6-10-25(11-7-21)32-19-23(29)17-28/h1,6-13,23-24,29-30H,3-5,14-20H2/t23-,24-/m1/s1. The molecule has 0 amide bonds. The van der Waals surface area contributed by atoms with Crippen LogP contribution in [0.5, 0.6) is 11.5 Å². The molecule has 2 atom stereocenters. The number of alkyl halides is 1. The third kappa shape index (κ3) is 7.12. The summed E-state index contributed by atoms with van der Waals surface area (Å²) < 4.78 is 16.5. The van der Waals surface area contributed by atoms with Crippen molar-refractivity contribution in [3.8, 4) is 23.8 Å². The topological polar surface area (TPSA) is 68.2 Å². The molecule has 2 N–H and O–H groups in total. The second-order valence-corrected chi connectivity index (χ2v) is 8.80. The van der Waals surface area contributed by atoms with Gasteiger partial charge in [0, 0.05) is 5.41 Å². The first-order valence-electron chi connectivity index (χ1n) is 11.5. The van der Waals surface area contributed by atoms with Crippen molar-refractivity contribution < 1.29 is 24.4 Å². The molecule has 6 heteroatoms. The summed E-state index contributed by atoms with van der Waals surface area (Å²) in [7, 11) is 0. The van der Waals surface area contributed by atoms with Gasteiger partial charge >= 0.3 is 0 Å². The van der Waals surface area contributed by atoms with E-state index in [0.29, 0.717) is 5.75 Å². The third-order valence-electron chi connectivity index (χ3n) is 6.08. The van der Waals surface area contributed by atoms with Crippen LogP contribution < -0.4 is 9.47 Å². The Morgan fingerprint density at radius 3 is 1.82 bits per heavy atom. The fraction of sp³-hybridized carbons (Fsp3) is 0.481. The molecule has 0 bridgehead atoms. The van der Waals surface area contributed by atoms with E-state index in [9.17, 15) is 10.2 Å². The smallest absolute Gasteiger partial charge is 0.119 e. The Bertz CT molecular complexity index is 869. The van der Waals surface area contributed by atoms with Crippen molar-refractivity contribution in [1.82, 2.24) is 0 Å². The molecule has 0 saturated heterocycles. The maximum Gasteiger partial charge on any atom is 0.119 e. The van der Waals surface area contributed by atoms with E-state index in [-0.39, 0.29) is 37.7 Å². The number of benzene rings is 2. The first-order valence-corrected chi connectivity index (χ1v) is 12.0. The predicted octanol–water partition coefficient (Wildman–Crippen LogP) is 4.30. The molecule has 1 saturated carbocycles. The normalized spacial score (nSPS) is 17.0. The Balaban J connectivity index is 1.69. The highest BCUT2D eigenvalue weighted by molar-refractivity contribution is 6.18. The Hall–Kier alpha value is -2.23. The van der Waals surface area contributed by atoms with Crippen molar-refractivity contribution in [1.29, 1.82) is 0 Å². The lowest BCUT2D eigenvalue weighted by Gasteiger charge is -2.38. The van der Waals surface area contributed by atoms with Crippen molar-refractivity contribution in [3.63, 3.8) is 0 Å². The SMILES string of the molecule is C#CCOC[C@@H](O)COc1ccc(C2(c3ccc(OC[C@H](O)CCl)cc3)CCCCC2)cc1. The van der Waals surface area contributed by atoms with Gasteiger partial charge in [-0.1, -0.05) is 49.4 Å². The molecule has 1 fully saturated rings. The molecule has 0 unspecified atom stereocenters. The van der Waals surface area contributed by atoms with Gasteiger partial charge in [-0.05, 0) is 48.2 Å². The number of aliphatic hydroxyl groups excluding tert-OH is 2. The molecule has 1 aliphatic carbocycles. The average molecular weight is 473 g/mol. The van der Waals surface area contributed by atoms with Gasteiger partial charge in [0.1, 0.15) is 43.5 Å². The summed E-state index contributed by atoms with van der Waals surface area (Å²) in [5.41, 5.74) is 2.48. The summed E-state index contributed by atoms with van der Waals surface area (Å²) in [5.74, 6) is 3.96. The number of terminal acetylenes is 1. The van der Waals surface area contributed by atoms with Crippen LogP contribution in [0.4, 0.5) is 0 Å². The van der Waals surface area contributed by atoms with Crippen LogP contribution in [0.25, 0.3) is 0 Å². The minimum Gasteiger partial charge on any atom is -0.491 e. The molecular weight excluding hydrogens is 440 g/mol. The Morgan fingerprint density at radius 1 is 0.818 bits per heavy atom. The van der Waals surface area contributed by atoms with Gasteiger partial charge in [-0.3, -0.25) is 0 Å². The van der Waals surface area contributed by atoms with Crippen molar-refractivity contribution in [2.45, 2.75) is 49.7 Å². The molecule has 0 aliphatic heterocycles. The first-order chi connectivity index (χ1) is 16.1. The largest absolute Gasteiger partial charge is 0.491 e. The van der Waals surface area contributed by atoms with Crippen LogP contribution in [-0.2, 0) is 10.2 Å². The Morgan fingerprint density at radius 2 is 1.33 bits per heavy atom. The molecule has 5 nitrogen and oxygen atoms in total. The van der Waals surface area contributed by atoms with E-state index in [1.807, 2.05) is 24.3 Å². The van der Waals surface area contributed by atoms with E-state index in [4.69, 9.17) is 32.2 Å². The monoisotopic (exact) mass is 472 g/mol. The van der Waals surface area contributed by atoms with Gasteiger partial charge in [0.25, 0.3) is 0 Å². The predicted molar refractivity (Wildman–Crippen MR) is 130 cm³/mol. The zero-order chi connectivity index (χ0) is 23.5. The minimum atomic E-state index is -0.728. The summed E-state index contributed by atoms with van der Waals surface area (Å²) in [6.07, 6.45) is 9.53. The molecule has 2 aromatic rings. The van der Waals surface area contributed by atoms with Crippen LogP contribution in [0, 0.1) is 12.3 Å². The van der Waals surface area contributed by atoms with Crippen LogP contribution in [0.3, 0.4) is 0 Å². The lowest BCUT2D eigenvalue weighted by molar-refractivity contribution is 0.0229. The van der Waals surface area contributed by atoms with E-state index in [1.165, 1.54) is 30.4 Å². The number of hydrogen-bond donors (Lipinski definition) is 2. The first kappa shape index (κ1) is 25.4. The van der Waals surface area contributed by atoms with E-state index < -0.39 is 12.2 Å². The number of rotatable bonds is 12. The highest BCUT2D eigenvalue weighted by atomic mass is 35.5. The van der Waals surface area contributed by atoms with Crippen LogP contribution in [0.1, 0.15) is 43.2 Å². The minimum absolute atomic E-state index is 0.0481. The van der Waals surface area contributed by atoms with Crippen LogP contribution in [0.2, 0.25) is 0 Å². The van der Waals surface area contributed by atoms with Gasteiger partial charge in [-0.2, -0.15) is 0 Å². The van der Waals surface area contributed by atoms with Crippen LogP contribution in [0.15, 0.2) is 48.5 Å². The fourth-order valence-electron chi connectivity index (χ4n) is 4.37. The molecular formula is C27H33ClO5. The molecule has 178 valence electrons. The zero-order valence-electron chi connectivity index (χ0n) is 18.9. The van der Waals surface area contributed by atoms with Crippen molar-refractivity contribution in [2.75, 3.05) is 32.3 Å². The Kier molecular flexibility index (Phi) is 9.90. The van der Waals surface area contributed by atoms with Gasteiger partial charge in [0.2, 0.25) is 0 Å². The summed E-state index contributed by atoms with van der Waals surface area (Å²) >= 11 is 5.64. The highest BCUT2D eigenvalue weighted by Gasteiger charge is 2.35. The molecule has 2 aromatic carbocycles. The molecule has 0 aromatic heterocycles. The molecule has 0 heterocycles. The second-order valence-electron chi connectivity index (χ2n) is 8.49. The summed E-state index contributed by atoms with van der Waals surface area (Å²) in [6.45, 7) is 0.654. The molecule has 0 radical (unpaired) electrons. The Labute approximate surface area is 201 Å². The number of ether oxygens (including phenoxy) is 3. The summed E-state index contributed by atoms with van der Waals surface area (Å²) in [5, 5.41) is 19.6. The number of hydrogen-bond acceptors (Lipinski definition) is 5. The lowest BCUT2D eigenvalue weighted by atomic mass is 9.65. The second kappa shape index (κ2) is 12.9. The third-order valence-corrected chi connectivity index (χ3v) is 6.44. The number of halogens is 1. The zero-order valence-corrected chi connectivity index (χ0v) is 19.7. The van der Waals surface area contributed by atoms with E-state index in [0.717, 1.165) is 18.6 Å². The molecule has 1 aliphatic rings. The summed E-state index contributed by atoms with van der Waals surface area (Å²) in [4.78, 5) is 0.